The second-order valence-corrected chi connectivity index (χ2v) is 7.67. The number of anilines is 3. The number of carbonyl (C=O) groups is 1. The Balaban J connectivity index is 1.43. The summed E-state index contributed by atoms with van der Waals surface area (Å²) in [6.07, 6.45) is 6.46. The van der Waals surface area contributed by atoms with Crippen LogP contribution in [0.1, 0.15) is 10.5 Å². The summed E-state index contributed by atoms with van der Waals surface area (Å²) in [6, 6.07) is 16.8. The smallest absolute Gasteiger partial charge is 0.274 e. The maximum Gasteiger partial charge on any atom is 0.274 e. The van der Waals surface area contributed by atoms with Gasteiger partial charge in [0.25, 0.3) is 5.91 Å². The van der Waals surface area contributed by atoms with Crippen molar-refractivity contribution in [3.05, 3.63) is 85.1 Å². The zero-order chi connectivity index (χ0) is 23.8. The molecular formula is C25H25N7O2. The van der Waals surface area contributed by atoms with Crippen LogP contribution < -0.4 is 15.4 Å². The van der Waals surface area contributed by atoms with Crippen molar-refractivity contribution in [3.63, 3.8) is 0 Å². The molecular weight excluding hydrogens is 430 g/mol. The first-order chi connectivity index (χ1) is 16.6. The second kappa shape index (κ2) is 11.0. The molecule has 172 valence electrons. The third kappa shape index (κ3) is 6.11. The molecule has 0 aliphatic carbocycles. The topological polar surface area (TPSA) is 105 Å². The Hall–Kier alpha value is -4.37. The van der Waals surface area contributed by atoms with Crippen molar-refractivity contribution >= 4 is 23.2 Å². The van der Waals surface area contributed by atoms with Gasteiger partial charge in [-0.05, 0) is 37.9 Å². The molecule has 0 fully saturated rings. The van der Waals surface area contributed by atoms with Gasteiger partial charge in [0.05, 0.1) is 23.8 Å². The van der Waals surface area contributed by atoms with Crippen LogP contribution in [0.3, 0.4) is 0 Å². The molecule has 0 radical (unpaired) electrons. The van der Waals surface area contributed by atoms with Gasteiger partial charge in [0.15, 0.2) is 0 Å². The SMILES string of the molecule is CN(C)CCOc1ccc(Nc2nccc(C(=O)Nc3cnccc3-c3ccccc3)n2)cn1. The highest BCUT2D eigenvalue weighted by Gasteiger charge is 2.13. The van der Waals surface area contributed by atoms with E-state index >= 15 is 0 Å². The quantitative estimate of drug-likeness (QED) is 0.392. The van der Waals surface area contributed by atoms with Crippen LogP contribution >= 0.6 is 0 Å². The summed E-state index contributed by atoms with van der Waals surface area (Å²) in [5.41, 5.74) is 3.34. The fourth-order valence-electron chi connectivity index (χ4n) is 3.10. The molecule has 34 heavy (non-hydrogen) atoms. The fourth-order valence-corrected chi connectivity index (χ4v) is 3.10. The number of likely N-dealkylation sites (N-methyl/N-ethyl adjacent to an activating group) is 1. The molecule has 0 aliphatic heterocycles. The number of carbonyl (C=O) groups excluding carboxylic acids is 1. The van der Waals surface area contributed by atoms with Gasteiger partial charge in [-0.3, -0.25) is 9.78 Å². The molecule has 0 spiro atoms. The Labute approximate surface area is 197 Å². The van der Waals surface area contributed by atoms with E-state index in [0.29, 0.717) is 23.9 Å². The van der Waals surface area contributed by atoms with Gasteiger partial charge in [0, 0.05) is 30.6 Å². The first-order valence-corrected chi connectivity index (χ1v) is 10.7. The Morgan fingerprint density at radius 2 is 1.82 bits per heavy atom. The number of amides is 1. The van der Waals surface area contributed by atoms with Gasteiger partial charge >= 0.3 is 0 Å². The molecule has 1 aromatic carbocycles. The van der Waals surface area contributed by atoms with E-state index < -0.39 is 0 Å². The van der Waals surface area contributed by atoms with Crippen molar-refractivity contribution in [2.75, 3.05) is 37.9 Å². The van der Waals surface area contributed by atoms with Gasteiger partial charge in [0.1, 0.15) is 12.3 Å². The summed E-state index contributed by atoms with van der Waals surface area (Å²) in [4.78, 5) is 31.9. The number of nitrogens with zero attached hydrogens (tertiary/aromatic N) is 5. The standard InChI is InChI=1S/C25H25N7O2/c1-32(2)14-15-34-23-9-8-19(16-28-23)29-25-27-13-11-21(31-25)24(33)30-22-17-26-12-10-20(22)18-6-4-3-5-7-18/h3-13,16-17H,14-15H2,1-2H3,(H,30,33)(H,27,29,31). The van der Waals surface area contributed by atoms with E-state index in [0.717, 1.165) is 17.7 Å². The molecule has 0 saturated carbocycles. The van der Waals surface area contributed by atoms with Crippen LogP contribution in [-0.2, 0) is 0 Å². The number of hydrogen-bond acceptors (Lipinski definition) is 8. The lowest BCUT2D eigenvalue weighted by molar-refractivity contribution is 0.102. The van der Waals surface area contributed by atoms with Crippen molar-refractivity contribution in [1.29, 1.82) is 0 Å². The van der Waals surface area contributed by atoms with Crippen molar-refractivity contribution in [1.82, 2.24) is 24.8 Å². The predicted molar refractivity (Wildman–Crippen MR) is 131 cm³/mol. The van der Waals surface area contributed by atoms with E-state index in [4.69, 9.17) is 4.74 Å². The fraction of sp³-hybridized carbons (Fsp3) is 0.160. The van der Waals surface area contributed by atoms with Crippen LogP contribution in [0.2, 0.25) is 0 Å². The number of aromatic nitrogens is 4. The van der Waals surface area contributed by atoms with E-state index in [1.807, 2.05) is 61.5 Å². The van der Waals surface area contributed by atoms with Crippen LogP contribution in [0.5, 0.6) is 5.88 Å². The zero-order valence-corrected chi connectivity index (χ0v) is 19.0. The number of benzene rings is 1. The Morgan fingerprint density at radius 1 is 0.971 bits per heavy atom. The van der Waals surface area contributed by atoms with Gasteiger partial charge in [0.2, 0.25) is 11.8 Å². The van der Waals surface area contributed by atoms with Crippen LogP contribution in [0.25, 0.3) is 11.1 Å². The highest BCUT2D eigenvalue weighted by atomic mass is 16.5. The summed E-state index contributed by atoms with van der Waals surface area (Å²) in [7, 11) is 3.97. The van der Waals surface area contributed by atoms with Crippen molar-refractivity contribution in [2.24, 2.45) is 0 Å². The van der Waals surface area contributed by atoms with E-state index in [-0.39, 0.29) is 17.5 Å². The largest absolute Gasteiger partial charge is 0.476 e. The molecule has 0 unspecified atom stereocenters. The molecule has 0 bridgehead atoms. The molecule has 4 aromatic rings. The van der Waals surface area contributed by atoms with E-state index in [2.05, 4.69) is 30.6 Å². The molecule has 2 N–H and O–H groups in total. The number of rotatable bonds is 9. The average molecular weight is 456 g/mol. The first-order valence-electron chi connectivity index (χ1n) is 10.7. The van der Waals surface area contributed by atoms with Gasteiger partial charge in [-0.15, -0.1) is 0 Å². The van der Waals surface area contributed by atoms with Gasteiger partial charge in [-0.2, -0.15) is 0 Å². The molecule has 0 aliphatic rings. The van der Waals surface area contributed by atoms with Crippen LogP contribution in [0.15, 0.2) is 79.4 Å². The highest BCUT2D eigenvalue weighted by molar-refractivity contribution is 6.05. The Kier molecular flexibility index (Phi) is 7.36. The summed E-state index contributed by atoms with van der Waals surface area (Å²) < 4.78 is 5.60. The molecule has 3 aromatic heterocycles. The van der Waals surface area contributed by atoms with E-state index in [1.165, 1.54) is 6.20 Å². The molecule has 0 saturated heterocycles. The lowest BCUT2D eigenvalue weighted by Gasteiger charge is -2.11. The van der Waals surface area contributed by atoms with Crippen LogP contribution in [0, 0.1) is 0 Å². The molecule has 9 nitrogen and oxygen atoms in total. The number of hydrogen-bond donors (Lipinski definition) is 2. The van der Waals surface area contributed by atoms with Crippen molar-refractivity contribution < 1.29 is 9.53 Å². The Morgan fingerprint density at radius 3 is 2.59 bits per heavy atom. The lowest BCUT2D eigenvalue weighted by Crippen LogP contribution is -2.19. The molecule has 9 heteroatoms. The molecule has 1 amide bonds. The predicted octanol–water partition coefficient (Wildman–Crippen LogP) is 3.87. The first kappa shape index (κ1) is 22.8. The Bertz CT molecular complexity index is 1230. The number of nitrogens with one attached hydrogen (secondary N) is 2. The third-order valence-corrected chi connectivity index (χ3v) is 4.82. The maximum atomic E-state index is 12.9. The normalized spacial score (nSPS) is 10.7. The maximum absolute atomic E-state index is 12.9. The van der Waals surface area contributed by atoms with Crippen LogP contribution in [0.4, 0.5) is 17.3 Å². The zero-order valence-electron chi connectivity index (χ0n) is 19.0. The van der Waals surface area contributed by atoms with Gasteiger partial charge < -0.3 is 20.3 Å². The molecule has 4 rings (SSSR count). The van der Waals surface area contributed by atoms with Gasteiger partial charge in [-0.1, -0.05) is 30.3 Å². The summed E-state index contributed by atoms with van der Waals surface area (Å²) >= 11 is 0. The van der Waals surface area contributed by atoms with Crippen molar-refractivity contribution in [2.45, 2.75) is 0 Å². The minimum atomic E-state index is -0.363. The minimum Gasteiger partial charge on any atom is -0.476 e. The van der Waals surface area contributed by atoms with Crippen molar-refractivity contribution in [3.8, 4) is 17.0 Å². The number of ether oxygens (including phenoxy) is 1. The summed E-state index contributed by atoms with van der Waals surface area (Å²) in [6.45, 7) is 1.35. The third-order valence-electron chi connectivity index (χ3n) is 4.82. The van der Waals surface area contributed by atoms with E-state index in [9.17, 15) is 4.79 Å². The highest BCUT2D eigenvalue weighted by Crippen LogP contribution is 2.27. The summed E-state index contributed by atoms with van der Waals surface area (Å²) in [5.74, 6) is 0.454. The number of pyridine rings is 2. The minimum absolute atomic E-state index is 0.219. The van der Waals surface area contributed by atoms with E-state index in [1.54, 1.807) is 30.7 Å². The van der Waals surface area contributed by atoms with Crippen LogP contribution in [-0.4, -0.2) is 58.0 Å². The average Bonchev–Trinajstić information content (AvgIpc) is 2.86. The van der Waals surface area contributed by atoms with Gasteiger partial charge in [-0.25, -0.2) is 15.0 Å². The monoisotopic (exact) mass is 455 g/mol. The molecule has 0 atom stereocenters. The summed E-state index contributed by atoms with van der Waals surface area (Å²) in [5, 5.41) is 5.96. The lowest BCUT2D eigenvalue weighted by atomic mass is 10.1. The molecule has 3 heterocycles. The second-order valence-electron chi connectivity index (χ2n) is 7.67.